The highest BCUT2D eigenvalue weighted by molar-refractivity contribution is 5.78. The van der Waals surface area contributed by atoms with Gasteiger partial charge in [0.25, 0.3) is 0 Å². The van der Waals surface area contributed by atoms with Gasteiger partial charge in [0.05, 0.1) is 0 Å². The molecule has 0 amide bonds. The molecule has 0 atom stereocenters. The van der Waals surface area contributed by atoms with E-state index in [4.69, 9.17) is 0 Å². The SMILES string of the molecule is CCCCCCCCC1c2c(ccc3c2CCC3)Nc2ccc3c(c21)CCC3. The van der Waals surface area contributed by atoms with Crippen LogP contribution in [0.25, 0.3) is 0 Å². The third-order valence-corrected chi connectivity index (χ3v) is 7.47. The number of anilines is 2. The van der Waals surface area contributed by atoms with Gasteiger partial charge in [-0.1, -0.05) is 57.6 Å². The fourth-order valence-electron chi connectivity index (χ4n) is 6.11. The number of benzene rings is 2. The Kier molecular flexibility index (Phi) is 5.18. The lowest BCUT2D eigenvalue weighted by molar-refractivity contribution is 0.565. The summed E-state index contributed by atoms with van der Waals surface area (Å²) < 4.78 is 0. The normalized spacial score (nSPS) is 17.0. The van der Waals surface area contributed by atoms with Gasteiger partial charge in [0.2, 0.25) is 0 Å². The molecule has 148 valence electrons. The average molecular weight is 374 g/mol. The van der Waals surface area contributed by atoms with Crippen molar-refractivity contribution < 1.29 is 0 Å². The van der Waals surface area contributed by atoms with Crippen molar-refractivity contribution in [2.75, 3.05) is 5.32 Å². The topological polar surface area (TPSA) is 12.0 Å². The largest absolute Gasteiger partial charge is 0.355 e. The van der Waals surface area contributed by atoms with Gasteiger partial charge >= 0.3 is 0 Å². The smallest absolute Gasteiger partial charge is 0.0426 e. The Bertz CT molecular complexity index is 800. The molecule has 28 heavy (non-hydrogen) atoms. The summed E-state index contributed by atoms with van der Waals surface area (Å²) in [6.07, 6.45) is 17.5. The highest BCUT2D eigenvalue weighted by Gasteiger charge is 2.33. The van der Waals surface area contributed by atoms with Crippen molar-refractivity contribution in [3.63, 3.8) is 0 Å². The molecule has 0 saturated carbocycles. The number of hydrogen-bond acceptors (Lipinski definition) is 1. The minimum absolute atomic E-state index is 0.624. The van der Waals surface area contributed by atoms with Crippen molar-refractivity contribution in [2.24, 2.45) is 0 Å². The Morgan fingerprint density at radius 1 is 0.714 bits per heavy atom. The lowest BCUT2D eigenvalue weighted by Gasteiger charge is -2.33. The van der Waals surface area contributed by atoms with E-state index in [1.54, 1.807) is 33.4 Å². The van der Waals surface area contributed by atoms with Crippen LogP contribution in [-0.2, 0) is 25.7 Å². The van der Waals surface area contributed by atoms with Crippen molar-refractivity contribution >= 4 is 11.4 Å². The van der Waals surface area contributed by atoms with Gasteiger partial charge in [0.15, 0.2) is 0 Å². The van der Waals surface area contributed by atoms with Gasteiger partial charge in [0, 0.05) is 17.3 Å². The highest BCUT2D eigenvalue weighted by Crippen LogP contribution is 2.50. The number of nitrogens with one attached hydrogen (secondary N) is 1. The first-order chi connectivity index (χ1) is 13.9. The maximum Gasteiger partial charge on any atom is 0.0426 e. The van der Waals surface area contributed by atoms with Crippen molar-refractivity contribution in [1.29, 1.82) is 0 Å². The van der Waals surface area contributed by atoms with Gasteiger partial charge in [-0.2, -0.15) is 0 Å². The Balaban J connectivity index is 1.49. The molecule has 3 aliphatic rings. The molecule has 1 aliphatic heterocycles. The quantitative estimate of drug-likeness (QED) is 0.493. The van der Waals surface area contributed by atoms with E-state index >= 15 is 0 Å². The van der Waals surface area contributed by atoms with Gasteiger partial charge in [-0.3, -0.25) is 0 Å². The standard InChI is InChI=1S/C27H35N/c1-2-3-4-5-6-7-12-23-26-21-13-8-10-19(21)15-17-24(26)28-25-18-16-20-11-9-14-22(20)27(23)25/h15-18,23,28H,2-14H2,1H3. The third-order valence-electron chi connectivity index (χ3n) is 7.47. The van der Waals surface area contributed by atoms with Crippen LogP contribution in [0.5, 0.6) is 0 Å². The molecule has 0 spiro atoms. The lowest BCUT2D eigenvalue weighted by atomic mass is 9.77. The summed E-state index contributed by atoms with van der Waals surface area (Å²) in [6.45, 7) is 2.31. The summed E-state index contributed by atoms with van der Waals surface area (Å²) >= 11 is 0. The zero-order valence-electron chi connectivity index (χ0n) is 17.6. The van der Waals surface area contributed by atoms with Crippen LogP contribution in [0.2, 0.25) is 0 Å². The molecule has 0 fully saturated rings. The summed E-state index contributed by atoms with van der Waals surface area (Å²) in [4.78, 5) is 0. The van der Waals surface area contributed by atoms with Crippen molar-refractivity contribution in [3.05, 3.63) is 57.6 Å². The van der Waals surface area contributed by atoms with E-state index in [-0.39, 0.29) is 0 Å². The van der Waals surface area contributed by atoms with E-state index in [9.17, 15) is 0 Å². The molecule has 0 aromatic heterocycles. The van der Waals surface area contributed by atoms with E-state index in [0.717, 1.165) is 0 Å². The Labute approximate surface area is 170 Å². The van der Waals surface area contributed by atoms with Crippen LogP contribution in [0.3, 0.4) is 0 Å². The summed E-state index contributed by atoms with van der Waals surface area (Å²) in [5.41, 5.74) is 12.8. The van der Waals surface area contributed by atoms with Crippen molar-refractivity contribution in [2.45, 2.75) is 96.3 Å². The van der Waals surface area contributed by atoms with Crippen LogP contribution < -0.4 is 5.32 Å². The first kappa shape index (κ1) is 18.3. The molecular weight excluding hydrogens is 338 g/mol. The molecular formula is C27H35N. The molecule has 1 N–H and O–H groups in total. The average Bonchev–Trinajstić information content (AvgIpc) is 3.38. The first-order valence-electron chi connectivity index (χ1n) is 11.9. The second-order valence-electron chi connectivity index (χ2n) is 9.27. The molecule has 2 aromatic rings. The first-order valence-corrected chi connectivity index (χ1v) is 11.9. The predicted molar refractivity (Wildman–Crippen MR) is 120 cm³/mol. The summed E-state index contributed by atoms with van der Waals surface area (Å²) in [5, 5.41) is 3.85. The van der Waals surface area contributed by atoms with Crippen molar-refractivity contribution in [3.8, 4) is 0 Å². The second kappa shape index (κ2) is 7.93. The van der Waals surface area contributed by atoms with Crippen LogP contribution in [-0.4, -0.2) is 0 Å². The molecule has 1 heteroatoms. The van der Waals surface area contributed by atoms with E-state index in [0.29, 0.717) is 5.92 Å². The van der Waals surface area contributed by atoms with Crippen molar-refractivity contribution in [1.82, 2.24) is 0 Å². The van der Waals surface area contributed by atoms with E-state index in [1.807, 2.05) is 0 Å². The van der Waals surface area contributed by atoms with Crippen LogP contribution in [0.15, 0.2) is 24.3 Å². The van der Waals surface area contributed by atoms with Gasteiger partial charge in [-0.05, 0) is 90.5 Å². The summed E-state index contributed by atoms with van der Waals surface area (Å²) in [5.74, 6) is 0.624. The molecule has 1 nitrogen and oxygen atoms in total. The monoisotopic (exact) mass is 373 g/mol. The molecule has 0 bridgehead atoms. The molecule has 2 aliphatic carbocycles. The number of unbranched alkanes of at least 4 members (excludes halogenated alkanes) is 5. The molecule has 0 unspecified atom stereocenters. The number of hydrogen-bond donors (Lipinski definition) is 1. The zero-order valence-corrected chi connectivity index (χ0v) is 17.6. The second-order valence-corrected chi connectivity index (χ2v) is 9.27. The Morgan fingerprint density at radius 3 is 1.89 bits per heavy atom. The maximum absolute atomic E-state index is 3.85. The van der Waals surface area contributed by atoms with E-state index in [2.05, 4.69) is 36.5 Å². The number of aryl methyl sites for hydroxylation is 2. The van der Waals surface area contributed by atoms with Gasteiger partial charge < -0.3 is 5.32 Å². The Morgan fingerprint density at radius 2 is 1.29 bits per heavy atom. The minimum Gasteiger partial charge on any atom is -0.355 e. The van der Waals surface area contributed by atoms with Crippen LogP contribution in [0.1, 0.15) is 104 Å². The van der Waals surface area contributed by atoms with E-state index < -0.39 is 0 Å². The lowest BCUT2D eigenvalue weighted by Crippen LogP contribution is -2.17. The van der Waals surface area contributed by atoms with Crippen LogP contribution >= 0.6 is 0 Å². The van der Waals surface area contributed by atoms with Crippen LogP contribution in [0.4, 0.5) is 11.4 Å². The van der Waals surface area contributed by atoms with Crippen LogP contribution in [0, 0.1) is 0 Å². The fraction of sp³-hybridized carbons (Fsp3) is 0.556. The molecule has 0 radical (unpaired) electrons. The van der Waals surface area contributed by atoms with E-state index in [1.165, 1.54) is 94.8 Å². The van der Waals surface area contributed by atoms with Gasteiger partial charge in [0.1, 0.15) is 0 Å². The number of rotatable bonds is 7. The molecule has 5 rings (SSSR count). The predicted octanol–water partition coefficient (Wildman–Crippen LogP) is 7.60. The molecule has 0 saturated heterocycles. The fourth-order valence-corrected chi connectivity index (χ4v) is 6.11. The number of fused-ring (bicyclic) bond motifs is 6. The highest BCUT2D eigenvalue weighted by atomic mass is 14.9. The molecule has 1 heterocycles. The van der Waals surface area contributed by atoms with Gasteiger partial charge in [-0.25, -0.2) is 0 Å². The maximum atomic E-state index is 3.85. The summed E-state index contributed by atoms with van der Waals surface area (Å²) in [6, 6.07) is 9.55. The Hall–Kier alpha value is -1.76. The summed E-state index contributed by atoms with van der Waals surface area (Å²) in [7, 11) is 0. The van der Waals surface area contributed by atoms with Gasteiger partial charge in [-0.15, -0.1) is 0 Å². The molecule has 2 aromatic carbocycles. The minimum atomic E-state index is 0.624. The third kappa shape index (κ3) is 3.17. The zero-order chi connectivity index (χ0) is 18.9.